The lowest BCUT2D eigenvalue weighted by molar-refractivity contribution is -0.402. The van der Waals surface area contributed by atoms with Crippen molar-refractivity contribution in [2.75, 3.05) is 10.7 Å². The second-order valence-corrected chi connectivity index (χ2v) is 4.24. The first kappa shape index (κ1) is 11.6. The van der Waals surface area contributed by atoms with Crippen LogP contribution in [0.4, 0.5) is 10.1 Å². The first-order valence-corrected chi connectivity index (χ1v) is 5.63. The number of carbonyl (C=O) groups is 1. The van der Waals surface area contributed by atoms with Crippen molar-refractivity contribution < 1.29 is 14.1 Å². The molecule has 0 aromatic heterocycles. The molecule has 7 heteroatoms. The van der Waals surface area contributed by atoms with Crippen molar-refractivity contribution in [3.63, 3.8) is 0 Å². The van der Waals surface area contributed by atoms with Gasteiger partial charge in [0.05, 0.1) is 10.7 Å². The first-order valence-electron chi connectivity index (χ1n) is 4.64. The lowest BCUT2D eigenvalue weighted by Gasteiger charge is -2.15. The zero-order chi connectivity index (χ0) is 12.4. The van der Waals surface area contributed by atoms with Crippen LogP contribution in [0, 0.1) is 15.9 Å². The maximum Gasteiger partial charge on any atom is 0.265 e. The third-order valence-electron chi connectivity index (χ3n) is 2.11. The molecule has 1 aromatic rings. The largest absolute Gasteiger partial charge is 0.273 e. The average molecular weight is 254 g/mol. The van der Waals surface area contributed by atoms with Crippen LogP contribution < -0.4 is 4.90 Å². The summed E-state index contributed by atoms with van der Waals surface area (Å²) in [7, 11) is 0. The Morgan fingerprint density at radius 1 is 1.41 bits per heavy atom. The highest BCUT2D eigenvalue weighted by Gasteiger charge is 2.30. The Morgan fingerprint density at radius 2 is 2.06 bits per heavy atom. The van der Waals surface area contributed by atoms with Gasteiger partial charge in [0.1, 0.15) is 5.82 Å². The van der Waals surface area contributed by atoms with E-state index in [9.17, 15) is 19.3 Å². The van der Waals surface area contributed by atoms with Crippen LogP contribution in [0.1, 0.15) is 0 Å². The molecule has 17 heavy (non-hydrogen) atoms. The molecule has 0 bridgehead atoms. The normalized spacial score (nSPS) is 17.8. The van der Waals surface area contributed by atoms with E-state index in [1.165, 1.54) is 29.2 Å². The maximum atomic E-state index is 12.7. The highest BCUT2D eigenvalue weighted by Crippen LogP contribution is 2.33. The van der Waals surface area contributed by atoms with Crippen LogP contribution in [0.5, 0.6) is 0 Å². The molecule has 0 radical (unpaired) electrons. The Morgan fingerprint density at radius 3 is 2.65 bits per heavy atom. The molecule has 1 heterocycles. The summed E-state index contributed by atoms with van der Waals surface area (Å²) in [6, 6.07) is 5.23. The Hall–Kier alpha value is -1.89. The third-order valence-corrected chi connectivity index (χ3v) is 3.09. The fraction of sp³-hybridized carbons (Fsp3) is 0.100. The lowest BCUT2D eigenvalue weighted by Crippen LogP contribution is -2.24. The molecule has 0 aliphatic carbocycles. The predicted molar refractivity (Wildman–Crippen MR) is 61.4 cm³/mol. The van der Waals surface area contributed by atoms with Gasteiger partial charge in [-0.3, -0.25) is 19.8 Å². The summed E-state index contributed by atoms with van der Waals surface area (Å²) in [6.45, 7) is 0. The molecule has 0 N–H and O–H groups in total. The van der Waals surface area contributed by atoms with Crippen molar-refractivity contribution >= 4 is 23.4 Å². The fourth-order valence-electron chi connectivity index (χ4n) is 1.43. The summed E-state index contributed by atoms with van der Waals surface area (Å²) in [6.07, 6.45) is 0.777. The summed E-state index contributed by atoms with van der Waals surface area (Å²) in [4.78, 5) is 22.6. The molecule has 0 atom stereocenters. The quantitative estimate of drug-likeness (QED) is 0.598. The van der Waals surface area contributed by atoms with Crippen molar-refractivity contribution in [3.8, 4) is 0 Å². The van der Waals surface area contributed by atoms with E-state index in [2.05, 4.69) is 0 Å². The van der Waals surface area contributed by atoms with E-state index in [0.717, 1.165) is 18.0 Å². The van der Waals surface area contributed by atoms with Gasteiger partial charge in [-0.05, 0) is 24.3 Å². The molecule has 88 valence electrons. The monoisotopic (exact) mass is 254 g/mol. The van der Waals surface area contributed by atoms with Crippen LogP contribution in [0.2, 0.25) is 0 Å². The molecule has 0 spiro atoms. The summed E-state index contributed by atoms with van der Waals surface area (Å²) in [5.41, 5.74) is 0.425. The third kappa shape index (κ3) is 2.44. The molecular formula is C10H7FN2O3S. The van der Waals surface area contributed by atoms with Crippen molar-refractivity contribution in [2.45, 2.75) is 0 Å². The fourth-order valence-corrected chi connectivity index (χ4v) is 2.33. The number of amides is 1. The topological polar surface area (TPSA) is 63.4 Å². The first-order chi connectivity index (χ1) is 8.08. The molecular weight excluding hydrogens is 247 g/mol. The molecule has 1 aliphatic rings. The van der Waals surface area contributed by atoms with Gasteiger partial charge in [-0.1, -0.05) is 11.8 Å². The summed E-state index contributed by atoms with van der Waals surface area (Å²) in [5, 5.41) is 10.7. The van der Waals surface area contributed by atoms with Gasteiger partial charge in [0.2, 0.25) is 5.91 Å². The number of thioether (sulfide) groups is 1. The minimum absolute atomic E-state index is 0.150. The highest BCUT2D eigenvalue weighted by atomic mass is 32.2. The number of nitro groups is 1. The standard InChI is InChI=1S/C10H7FN2O3S/c11-7-1-3-8(4-2-7)13-9(14)6-17-10(13)5-12(15)16/h1-5H,6H2. The summed E-state index contributed by atoms with van der Waals surface area (Å²) < 4.78 is 12.7. The van der Waals surface area contributed by atoms with Crippen molar-refractivity contribution in [1.82, 2.24) is 0 Å². The van der Waals surface area contributed by atoms with Crippen LogP contribution in [-0.2, 0) is 4.79 Å². The molecule has 1 fully saturated rings. The van der Waals surface area contributed by atoms with E-state index in [1.807, 2.05) is 0 Å². The number of carbonyl (C=O) groups excluding carboxylic acids is 1. The van der Waals surface area contributed by atoms with Crippen LogP contribution >= 0.6 is 11.8 Å². The van der Waals surface area contributed by atoms with E-state index in [0.29, 0.717) is 5.69 Å². The summed E-state index contributed by atoms with van der Waals surface area (Å²) >= 11 is 1.09. The number of rotatable bonds is 2. The van der Waals surface area contributed by atoms with Gasteiger partial charge in [0.25, 0.3) is 6.20 Å². The SMILES string of the molecule is O=C1CSC(=C[N+](=O)[O-])N1c1ccc(F)cc1. The molecule has 0 saturated carbocycles. The number of anilines is 1. The van der Waals surface area contributed by atoms with Crippen LogP contribution in [0.25, 0.3) is 0 Å². The van der Waals surface area contributed by atoms with E-state index in [1.54, 1.807) is 0 Å². The second-order valence-electron chi connectivity index (χ2n) is 3.25. The molecule has 1 amide bonds. The highest BCUT2D eigenvalue weighted by molar-refractivity contribution is 8.04. The smallest absolute Gasteiger partial charge is 0.265 e. The predicted octanol–water partition coefficient (Wildman–Crippen LogP) is 1.98. The van der Waals surface area contributed by atoms with Gasteiger partial charge in [-0.15, -0.1) is 0 Å². The molecule has 1 aliphatic heterocycles. The molecule has 2 rings (SSSR count). The van der Waals surface area contributed by atoms with Crippen LogP contribution in [0.3, 0.4) is 0 Å². The van der Waals surface area contributed by atoms with Gasteiger partial charge in [-0.25, -0.2) is 4.39 Å². The minimum atomic E-state index is -0.614. The number of benzene rings is 1. The van der Waals surface area contributed by atoms with Gasteiger partial charge >= 0.3 is 0 Å². The van der Waals surface area contributed by atoms with E-state index >= 15 is 0 Å². The average Bonchev–Trinajstić information content (AvgIpc) is 2.61. The number of nitrogens with zero attached hydrogens (tertiary/aromatic N) is 2. The van der Waals surface area contributed by atoms with Gasteiger partial charge in [-0.2, -0.15) is 0 Å². The van der Waals surface area contributed by atoms with Crippen LogP contribution in [-0.4, -0.2) is 16.6 Å². The molecule has 1 aromatic carbocycles. The Labute approximate surface area is 100 Å². The van der Waals surface area contributed by atoms with Crippen molar-refractivity contribution in [2.24, 2.45) is 0 Å². The van der Waals surface area contributed by atoms with Gasteiger partial charge in [0, 0.05) is 5.69 Å². The lowest BCUT2D eigenvalue weighted by atomic mass is 10.3. The van der Waals surface area contributed by atoms with E-state index in [-0.39, 0.29) is 16.7 Å². The minimum Gasteiger partial charge on any atom is -0.273 e. The van der Waals surface area contributed by atoms with Crippen molar-refractivity contribution in [3.05, 3.63) is 51.4 Å². The molecule has 5 nitrogen and oxygen atoms in total. The van der Waals surface area contributed by atoms with Gasteiger partial charge < -0.3 is 0 Å². The molecule has 1 saturated heterocycles. The maximum absolute atomic E-state index is 12.7. The van der Waals surface area contributed by atoms with E-state index in [4.69, 9.17) is 0 Å². The zero-order valence-corrected chi connectivity index (χ0v) is 9.32. The van der Waals surface area contributed by atoms with Gasteiger partial charge in [0.15, 0.2) is 5.03 Å². The Balaban J connectivity index is 2.37. The number of hydrogen-bond donors (Lipinski definition) is 0. The number of halogens is 1. The molecule has 0 unspecified atom stereocenters. The summed E-state index contributed by atoms with van der Waals surface area (Å²) in [5.74, 6) is -0.528. The Bertz CT molecular complexity index is 501. The Kier molecular flexibility index (Phi) is 3.10. The van der Waals surface area contributed by atoms with Crippen molar-refractivity contribution in [1.29, 1.82) is 0 Å². The number of hydrogen-bond acceptors (Lipinski definition) is 4. The van der Waals surface area contributed by atoms with E-state index < -0.39 is 10.7 Å². The van der Waals surface area contributed by atoms with Crippen LogP contribution in [0.15, 0.2) is 35.5 Å². The second kappa shape index (κ2) is 4.54. The zero-order valence-electron chi connectivity index (χ0n) is 8.50.